The predicted molar refractivity (Wildman–Crippen MR) is 88.3 cm³/mol. The molecule has 0 saturated carbocycles. The summed E-state index contributed by atoms with van der Waals surface area (Å²) in [7, 11) is 0. The normalized spacial score (nSPS) is 16.7. The van der Waals surface area contributed by atoms with Crippen LogP contribution in [0.1, 0.15) is 39.2 Å². The van der Waals surface area contributed by atoms with Gasteiger partial charge in [0.2, 0.25) is 5.91 Å². The number of nitrogens with one attached hydrogen (secondary N) is 1. The minimum atomic E-state index is -0.0731. The molecule has 0 spiro atoms. The van der Waals surface area contributed by atoms with E-state index in [4.69, 9.17) is 9.47 Å². The molecule has 0 bridgehead atoms. The Bertz CT molecular complexity index is 586. The number of anilines is 1. The van der Waals surface area contributed by atoms with E-state index in [0.717, 1.165) is 26.1 Å². The number of ether oxygens (including phenoxy) is 2. The fourth-order valence-electron chi connectivity index (χ4n) is 2.74. The fourth-order valence-corrected chi connectivity index (χ4v) is 2.74. The van der Waals surface area contributed by atoms with Crippen LogP contribution in [0.4, 0.5) is 5.69 Å². The van der Waals surface area contributed by atoms with E-state index in [1.54, 1.807) is 18.2 Å². The van der Waals surface area contributed by atoms with Crippen LogP contribution in [-0.2, 0) is 9.53 Å². The van der Waals surface area contributed by atoms with Crippen LogP contribution in [0, 0.1) is 23.2 Å². The van der Waals surface area contributed by atoms with Crippen molar-refractivity contribution in [1.82, 2.24) is 0 Å². The van der Waals surface area contributed by atoms with Crippen molar-refractivity contribution < 1.29 is 14.3 Å². The zero-order valence-corrected chi connectivity index (χ0v) is 14.0. The first-order chi connectivity index (χ1) is 11.0. The van der Waals surface area contributed by atoms with Crippen molar-refractivity contribution in [1.29, 1.82) is 5.26 Å². The number of benzene rings is 1. The van der Waals surface area contributed by atoms with Crippen molar-refractivity contribution in [3.63, 3.8) is 0 Å². The van der Waals surface area contributed by atoms with E-state index in [-0.39, 0.29) is 17.9 Å². The van der Waals surface area contributed by atoms with Crippen molar-refractivity contribution in [2.45, 2.75) is 39.7 Å². The maximum Gasteiger partial charge on any atom is 0.227 e. The first-order valence-corrected chi connectivity index (χ1v) is 8.10. The number of carbonyl (C=O) groups excluding carboxylic acids is 1. The minimum absolute atomic E-state index is 0.00363. The molecule has 0 aromatic heterocycles. The molecule has 23 heavy (non-hydrogen) atoms. The Morgan fingerprint density at radius 3 is 2.65 bits per heavy atom. The zero-order valence-electron chi connectivity index (χ0n) is 14.0. The summed E-state index contributed by atoms with van der Waals surface area (Å²) >= 11 is 0. The van der Waals surface area contributed by atoms with Gasteiger partial charge in [-0.05, 0) is 50.8 Å². The molecule has 1 heterocycles. The molecule has 1 aromatic carbocycles. The summed E-state index contributed by atoms with van der Waals surface area (Å²) in [5.41, 5.74) is 1.05. The van der Waals surface area contributed by atoms with Gasteiger partial charge >= 0.3 is 0 Å². The molecule has 1 fully saturated rings. The number of rotatable bonds is 5. The molecule has 1 aliphatic rings. The van der Waals surface area contributed by atoms with Crippen LogP contribution >= 0.6 is 0 Å². The van der Waals surface area contributed by atoms with Crippen molar-refractivity contribution in [3.05, 3.63) is 23.8 Å². The molecule has 1 aromatic rings. The number of nitriles is 1. The van der Waals surface area contributed by atoms with Gasteiger partial charge in [0.15, 0.2) is 0 Å². The number of nitrogens with zero attached hydrogens (tertiary/aromatic N) is 1. The summed E-state index contributed by atoms with van der Waals surface area (Å²) in [5.74, 6) is 0.801. The second kappa shape index (κ2) is 7.98. The lowest BCUT2D eigenvalue weighted by Gasteiger charge is -2.27. The highest BCUT2D eigenvalue weighted by Crippen LogP contribution is 2.27. The SMILES string of the molecule is CC(C)Oc1ccc(NC(=O)C(C)C2CCOCC2)cc1C#N. The Morgan fingerprint density at radius 2 is 2.04 bits per heavy atom. The molecule has 1 aliphatic heterocycles. The van der Waals surface area contributed by atoms with Crippen molar-refractivity contribution in [2.75, 3.05) is 18.5 Å². The van der Waals surface area contributed by atoms with Crippen LogP contribution in [0.25, 0.3) is 0 Å². The van der Waals surface area contributed by atoms with Gasteiger partial charge in [-0.15, -0.1) is 0 Å². The maximum absolute atomic E-state index is 12.4. The van der Waals surface area contributed by atoms with E-state index in [9.17, 15) is 10.1 Å². The van der Waals surface area contributed by atoms with E-state index < -0.39 is 0 Å². The molecule has 0 aliphatic carbocycles. The van der Waals surface area contributed by atoms with Gasteiger partial charge in [-0.25, -0.2) is 0 Å². The Balaban J connectivity index is 2.04. The summed E-state index contributed by atoms with van der Waals surface area (Å²) in [6, 6.07) is 7.27. The maximum atomic E-state index is 12.4. The largest absolute Gasteiger partial charge is 0.490 e. The van der Waals surface area contributed by atoms with Gasteiger partial charge in [-0.2, -0.15) is 5.26 Å². The molecular formula is C18H24N2O3. The Labute approximate surface area is 137 Å². The average molecular weight is 316 g/mol. The van der Waals surface area contributed by atoms with E-state index in [0.29, 0.717) is 22.9 Å². The topological polar surface area (TPSA) is 71.3 Å². The lowest BCUT2D eigenvalue weighted by atomic mass is 9.86. The molecule has 1 saturated heterocycles. The molecule has 1 atom stereocenters. The average Bonchev–Trinajstić information content (AvgIpc) is 2.55. The molecular weight excluding hydrogens is 292 g/mol. The van der Waals surface area contributed by atoms with Gasteiger partial charge in [0.25, 0.3) is 0 Å². The van der Waals surface area contributed by atoms with Gasteiger partial charge in [-0.1, -0.05) is 6.92 Å². The van der Waals surface area contributed by atoms with Crippen LogP contribution in [0.15, 0.2) is 18.2 Å². The first kappa shape index (κ1) is 17.3. The standard InChI is InChI=1S/C18H24N2O3/c1-12(2)23-17-5-4-16(10-15(17)11-19)20-18(21)13(3)14-6-8-22-9-7-14/h4-5,10,12-14H,6-9H2,1-3H3,(H,20,21). The zero-order chi connectivity index (χ0) is 16.8. The van der Waals surface area contributed by atoms with Gasteiger partial charge in [0, 0.05) is 24.8 Å². The van der Waals surface area contributed by atoms with Crippen molar-refractivity contribution in [2.24, 2.45) is 11.8 Å². The third-order valence-corrected chi connectivity index (χ3v) is 4.12. The Hall–Kier alpha value is -2.06. The molecule has 124 valence electrons. The second-order valence-corrected chi connectivity index (χ2v) is 6.22. The molecule has 2 rings (SSSR count). The van der Waals surface area contributed by atoms with Crippen molar-refractivity contribution in [3.8, 4) is 11.8 Å². The van der Waals surface area contributed by atoms with Crippen molar-refractivity contribution >= 4 is 11.6 Å². The minimum Gasteiger partial charge on any atom is -0.490 e. The monoisotopic (exact) mass is 316 g/mol. The van der Waals surface area contributed by atoms with E-state index in [2.05, 4.69) is 11.4 Å². The summed E-state index contributed by atoms with van der Waals surface area (Å²) in [5, 5.41) is 12.2. The molecule has 5 nitrogen and oxygen atoms in total. The lowest BCUT2D eigenvalue weighted by molar-refractivity contribution is -0.122. The second-order valence-electron chi connectivity index (χ2n) is 6.22. The smallest absolute Gasteiger partial charge is 0.227 e. The van der Waals surface area contributed by atoms with E-state index in [1.165, 1.54) is 0 Å². The van der Waals surface area contributed by atoms with Crippen LogP contribution < -0.4 is 10.1 Å². The molecule has 1 N–H and O–H groups in total. The third-order valence-electron chi connectivity index (χ3n) is 4.12. The summed E-state index contributed by atoms with van der Waals surface area (Å²) in [6.45, 7) is 7.22. The fraction of sp³-hybridized carbons (Fsp3) is 0.556. The number of carbonyl (C=O) groups is 1. The van der Waals surface area contributed by atoms with E-state index in [1.807, 2.05) is 20.8 Å². The number of amides is 1. The van der Waals surface area contributed by atoms with Gasteiger partial charge in [0.05, 0.1) is 11.7 Å². The number of hydrogen-bond acceptors (Lipinski definition) is 4. The Kier molecular flexibility index (Phi) is 6.00. The van der Waals surface area contributed by atoms with Crippen LogP contribution in [0.5, 0.6) is 5.75 Å². The highest BCUT2D eigenvalue weighted by molar-refractivity contribution is 5.92. The van der Waals surface area contributed by atoms with E-state index >= 15 is 0 Å². The van der Waals surface area contributed by atoms with Crippen LogP contribution in [0.3, 0.4) is 0 Å². The molecule has 1 amide bonds. The Morgan fingerprint density at radius 1 is 1.35 bits per heavy atom. The third kappa shape index (κ3) is 4.70. The highest BCUT2D eigenvalue weighted by Gasteiger charge is 2.26. The van der Waals surface area contributed by atoms with Gasteiger partial charge in [-0.3, -0.25) is 4.79 Å². The van der Waals surface area contributed by atoms with Crippen LogP contribution in [0.2, 0.25) is 0 Å². The number of hydrogen-bond donors (Lipinski definition) is 1. The van der Waals surface area contributed by atoms with Crippen LogP contribution in [-0.4, -0.2) is 25.2 Å². The predicted octanol–water partition coefficient (Wildman–Crippen LogP) is 3.35. The molecule has 1 unspecified atom stereocenters. The quantitative estimate of drug-likeness (QED) is 0.904. The summed E-state index contributed by atoms with van der Waals surface area (Å²) < 4.78 is 10.9. The van der Waals surface area contributed by atoms with Gasteiger partial charge < -0.3 is 14.8 Å². The molecule has 5 heteroatoms. The highest BCUT2D eigenvalue weighted by atomic mass is 16.5. The lowest BCUT2D eigenvalue weighted by Crippen LogP contribution is -2.30. The molecule has 0 radical (unpaired) electrons. The summed E-state index contributed by atoms with van der Waals surface area (Å²) in [4.78, 5) is 12.4. The first-order valence-electron chi connectivity index (χ1n) is 8.10. The summed E-state index contributed by atoms with van der Waals surface area (Å²) in [6.07, 6.45) is 1.83. The van der Waals surface area contributed by atoms with Gasteiger partial charge in [0.1, 0.15) is 11.8 Å².